The molecule has 164 valence electrons. The van der Waals surface area contributed by atoms with Gasteiger partial charge in [0.25, 0.3) is 5.91 Å². The predicted octanol–water partition coefficient (Wildman–Crippen LogP) is 6.66. The smallest absolute Gasteiger partial charge is 0.256 e. The number of carbonyl (C=O) groups excluding carboxylic acids is 1. The summed E-state index contributed by atoms with van der Waals surface area (Å²) >= 11 is 3.42. The SMILES string of the molecule is Cc1ccc(C(=O)Nc2sc3c(c2-c2nc4ccccc4s2)CCN(C(C)C)C3)c(C)c1. The van der Waals surface area contributed by atoms with Crippen LogP contribution in [0.1, 0.15) is 45.8 Å². The van der Waals surface area contributed by atoms with Gasteiger partial charge in [-0.15, -0.1) is 22.7 Å². The Morgan fingerprint density at radius 2 is 1.94 bits per heavy atom. The van der Waals surface area contributed by atoms with Crippen LogP contribution in [0, 0.1) is 13.8 Å². The number of nitrogens with zero attached hydrogens (tertiary/aromatic N) is 2. The fourth-order valence-corrected chi connectivity index (χ4v) is 6.78. The zero-order chi connectivity index (χ0) is 22.4. The molecule has 5 rings (SSSR count). The van der Waals surface area contributed by atoms with Crippen LogP contribution in [0.5, 0.6) is 0 Å². The van der Waals surface area contributed by atoms with Crippen LogP contribution in [0.25, 0.3) is 20.8 Å². The van der Waals surface area contributed by atoms with Gasteiger partial charge in [-0.05, 0) is 63.4 Å². The molecule has 32 heavy (non-hydrogen) atoms. The maximum atomic E-state index is 13.3. The first-order chi connectivity index (χ1) is 15.4. The molecular weight excluding hydrogens is 434 g/mol. The zero-order valence-electron chi connectivity index (χ0n) is 18.9. The third-order valence-electron chi connectivity index (χ3n) is 6.18. The van der Waals surface area contributed by atoms with Crippen molar-refractivity contribution >= 4 is 43.8 Å². The van der Waals surface area contributed by atoms with Crippen molar-refractivity contribution in [2.24, 2.45) is 0 Å². The topological polar surface area (TPSA) is 45.2 Å². The minimum absolute atomic E-state index is 0.0517. The highest BCUT2D eigenvalue weighted by Gasteiger charge is 2.28. The van der Waals surface area contributed by atoms with Crippen molar-refractivity contribution in [1.29, 1.82) is 0 Å². The summed E-state index contributed by atoms with van der Waals surface area (Å²) in [4.78, 5) is 22.0. The van der Waals surface area contributed by atoms with Gasteiger partial charge < -0.3 is 5.32 Å². The van der Waals surface area contributed by atoms with Gasteiger partial charge in [0.15, 0.2) is 0 Å². The minimum Gasteiger partial charge on any atom is -0.313 e. The van der Waals surface area contributed by atoms with Crippen LogP contribution >= 0.6 is 22.7 Å². The molecule has 0 saturated carbocycles. The number of aryl methyl sites for hydroxylation is 2. The number of anilines is 1. The van der Waals surface area contributed by atoms with E-state index in [1.165, 1.54) is 15.1 Å². The second-order valence-corrected chi connectivity index (χ2v) is 10.9. The van der Waals surface area contributed by atoms with Gasteiger partial charge in [-0.2, -0.15) is 0 Å². The third-order valence-corrected chi connectivity index (χ3v) is 8.36. The van der Waals surface area contributed by atoms with Gasteiger partial charge in [0, 0.05) is 35.1 Å². The number of carbonyl (C=O) groups is 1. The van der Waals surface area contributed by atoms with Crippen LogP contribution in [0.4, 0.5) is 5.00 Å². The molecule has 6 heteroatoms. The Morgan fingerprint density at radius 1 is 1.12 bits per heavy atom. The Labute approximate surface area is 196 Å². The number of rotatable bonds is 4. The first-order valence-electron chi connectivity index (χ1n) is 11.0. The quantitative estimate of drug-likeness (QED) is 0.370. The number of hydrogen-bond acceptors (Lipinski definition) is 5. The Balaban J connectivity index is 1.59. The predicted molar refractivity (Wildman–Crippen MR) is 136 cm³/mol. The monoisotopic (exact) mass is 461 g/mol. The molecular formula is C26H27N3OS2. The molecule has 0 aliphatic carbocycles. The number of nitrogens with one attached hydrogen (secondary N) is 1. The lowest BCUT2D eigenvalue weighted by Crippen LogP contribution is -2.35. The summed E-state index contributed by atoms with van der Waals surface area (Å²) in [6, 6.07) is 14.7. The number of aromatic nitrogens is 1. The molecule has 0 fully saturated rings. The molecule has 2 aromatic carbocycles. The zero-order valence-corrected chi connectivity index (χ0v) is 20.5. The van der Waals surface area contributed by atoms with Gasteiger partial charge in [-0.3, -0.25) is 9.69 Å². The Kier molecular flexibility index (Phi) is 5.61. The van der Waals surface area contributed by atoms with Gasteiger partial charge in [0.2, 0.25) is 0 Å². The van der Waals surface area contributed by atoms with Crippen LogP contribution in [0.2, 0.25) is 0 Å². The van der Waals surface area contributed by atoms with E-state index in [4.69, 9.17) is 4.98 Å². The van der Waals surface area contributed by atoms with Crippen LogP contribution in [-0.2, 0) is 13.0 Å². The van der Waals surface area contributed by atoms with Crippen molar-refractivity contribution in [1.82, 2.24) is 9.88 Å². The standard InChI is InChI=1S/C26H27N3OS2/c1-15(2)29-12-11-19-22(14-29)32-26(28-24(30)18-10-9-16(3)13-17(18)4)23(19)25-27-20-7-5-6-8-21(20)31-25/h5-10,13,15H,11-12,14H2,1-4H3,(H,28,30). The lowest BCUT2D eigenvalue weighted by atomic mass is 10.0. The normalized spacial score (nSPS) is 14.2. The first kappa shape index (κ1) is 21.3. The minimum atomic E-state index is -0.0517. The Morgan fingerprint density at radius 3 is 2.69 bits per heavy atom. The summed E-state index contributed by atoms with van der Waals surface area (Å²) in [5.41, 5.74) is 6.36. The number of thiophene rings is 1. The average molecular weight is 462 g/mol. The summed E-state index contributed by atoms with van der Waals surface area (Å²) < 4.78 is 1.17. The summed E-state index contributed by atoms with van der Waals surface area (Å²) in [6.07, 6.45) is 0.981. The van der Waals surface area contributed by atoms with E-state index in [1.54, 1.807) is 22.7 Å². The van der Waals surface area contributed by atoms with E-state index in [2.05, 4.69) is 48.3 Å². The van der Waals surface area contributed by atoms with Gasteiger partial charge in [0.1, 0.15) is 10.0 Å². The second-order valence-electron chi connectivity index (χ2n) is 8.78. The second kappa shape index (κ2) is 8.43. The highest BCUT2D eigenvalue weighted by molar-refractivity contribution is 7.23. The molecule has 1 N–H and O–H groups in total. The van der Waals surface area contributed by atoms with Crippen molar-refractivity contribution in [2.75, 3.05) is 11.9 Å². The van der Waals surface area contributed by atoms with Crippen molar-refractivity contribution in [2.45, 2.75) is 46.7 Å². The summed E-state index contributed by atoms with van der Waals surface area (Å²) in [5, 5.41) is 5.18. The van der Waals surface area contributed by atoms with Crippen LogP contribution in [0.15, 0.2) is 42.5 Å². The van der Waals surface area contributed by atoms with Crippen molar-refractivity contribution in [3.8, 4) is 10.6 Å². The van der Waals surface area contributed by atoms with Crippen molar-refractivity contribution in [3.05, 3.63) is 69.6 Å². The lowest BCUT2D eigenvalue weighted by molar-refractivity contribution is 0.102. The number of benzene rings is 2. The van der Waals surface area contributed by atoms with Crippen LogP contribution < -0.4 is 5.32 Å². The van der Waals surface area contributed by atoms with Crippen LogP contribution in [-0.4, -0.2) is 28.4 Å². The van der Waals surface area contributed by atoms with Crippen molar-refractivity contribution in [3.63, 3.8) is 0 Å². The van der Waals surface area contributed by atoms with E-state index >= 15 is 0 Å². The third kappa shape index (κ3) is 3.87. The van der Waals surface area contributed by atoms with E-state index in [0.717, 1.165) is 57.3 Å². The molecule has 0 atom stereocenters. The highest BCUT2D eigenvalue weighted by Crippen LogP contribution is 2.46. The molecule has 1 aliphatic heterocycles. The van der Waals surface area contributed by atoms with Crippen LogP contribution in [0.3, 0.4) is 0 Å². The van der Waals surface area contributed by atoms with Gasteiger partial charge >= 0.3 is 0 Å². The molecule has 0 unspecified atom stereocenters. The largest absolute Gasteiger partial charge is 0.313 e. The number of para-hydroxylation sites is 1. The lowest BCUT2D eigenvalue weighted by Gasteiger charge is -2.30. The number of amides is 1. The van der Waals surface area contributed by atoms with E-state index in [1.807, 2.05) is 32.0 Å². The van der Waals surface area contributed by atoms with Gasteiger partial charge in [-0.25, -0.2) is 4.98 Å². The molecule has 0 radical (unpaired) electrons. The molecule has 3 heterocycles. The molecule has 0 spiro atoms. The maximum Gasteiger partial charge on any atom is 0.256 e. The number of thiazole rings is 1. The van der Waals surface area contributed by atoms with E-state index in [-0.39, 0.29) is 5.91 Å². The highest BCUT2D eigenvalue weighted by atomic mass is 32.1. The van der Waals surface area contributed by atoms with Gasteiger partial charge in [0.05, 0.1) is 10.2 Å². The van der Waals surface area contributed by atoms with E-state index in [0.29, 0.717) is 6.04 Å². The van der Waals surface area contributed by atoms with Crippen molar-refractivity contribution < 1.29 is 4.79 Å². The Bertz CT molecular complexity index is 1290. The molecule has 1 amide bonds. The molecule has 2 aromatic heterocycles. The first-order valence-corrected chi connectivity index (χ1v) is 12.7. The van der Waals surface area contributed by atoms with E-state index in [9.17, 15) is 4.79 Å². The number of hydrogen-bond donors (Lipinski definition) is 1. The summed E-state index contributed by atoms with van der Waals surface area (Å²) in [5.74, 6) is -0.0517. The van der Waals surface area contributed by atoms with E-state index < -0.39 is 0 Å². The molecule has 0 bridgehead atoms. The Hall–Kier alpha value is -2.54. The molecule has 4 nitrogen and oxygen atoms in total. The average Bonchev–Trinajstić information content (AvgIpc) is 3.33. The maximum absolute atomic E-state index is 13.3. The fraction of sp³-hybridized carbons (Fsp3) is 0.308. The van der Waals surface area contributed by atoms with Gasteiger partial charge in [-0.1, -0.05) is 29.8 Å². The molecule has 4 aromatic rings. The summed E-state index contributed by atoms with van der Waals surface area (Å²) in [7, 11) is 0. The summed E-state index contributed by atoms with van der Waals surface area (Å²) in [6.45, 7) is 10.5. The number of fused-ring (bicyclic) bond motifs is 2. The molecule has 1 aliphatic rings. The fourth-order valence-electron chi connectivity index (χ4n) is 4.40. The molecule has 0 saturated heterocycles.